The number of amides is 1. The number of thiocarbonyl (C=S) groups is 1. The van der Waals surface area contributed by atoms with Gasteiger partial charge >= 0.3 is 0 Å². The molecule has 0 radical (unpaired) electrons. The third-order valence-electron chi connectivity index (χ3n) is 2.61. The molecule has 6 heteroatoms. The number of phenols is 1. The van der Waals surface area contributed by atoms with Crippen molar-refractivity contribution in [1.29, 1.82) is 0 Å². The number of nitrogens with one attached hydrogen (secondary N) is 1. The molecule has 20 heavy (non-hydrogen) atoms. The van der Waals surface area contributed by atoms with Gasteiger partial charge in [-0.3, -0.25) is 4.79 Å². The topological polar surface area (TPSA) is 75.3 Å². The van der Waals surface area contributed by atoms with Crippen LogP contribution in [0.5, 0.6) is 5.75 Å². The zero-order valence-corrected chi connectivity index (χ0v) is 11.8. The molecule has 0 bridgehead atoms. The highest BCUT2D eigenvalue weighted by molar-refractivity contribution is 7.80. The number of rotatable bonds is 3. The molecule has 0 spiro atoms. The van der Waals surface area contributed by atoms with E-state index in [0.717, 1.165) is 0 Å². The lowest BCUT2D eigenvalue weighted by Crippen LogP contribution is -2.13. The third kappa shape index (κ3) is 3.26. The van der Waals surface area contributed by atoms with E-state index in [2.05, 4.69) is 5.32 Å². The van der Waals surface area contributed by atoms with Gasteiger partial charge in [-0.15, -0.1) is 0 Å². The second kappa shape index (κ2) is 5.90. The van der Waals surface area contributed by atoms with Crippen LogP contribution in [0.2, 0.25) is 5.02 Å². The molecule has 0 saturated heterocycles. The van der Waals surface area contributed by atoms with Crippen molar-refractivity contribution in [2.75, 3.05) is 5.32 Å². The average molecular weight is 307 g/mol. The van der Waals surface area contributed by atoms with Gasteiger partial charge in [0.2, 0.25) is 0 Å². The number of carbonyl (C=O) groups excluding carboxylic acids is 1. The van der Waals surface area contributed by atoms with Crippen LogP contribution < -0.4 is 11.1 Å². The largest absolute Gasteiger partial charge is 0.506 e. The Morgan fingerprint density at radius 3 is 2.60 bits per heavy atom. The maximum absolute atomic E-state index is 12.0. The maximum Gasteiger partial charge on any atom is 0.255 e. The quantitative estimate of drug-likeness (QED) is 0.762. The van der Waals surface area contributed by atoms with Gasteiger partial charge in [-0.25, -0.2) is 0 Å². The minimum Gasteiger partial charge on any atom is -0.506 e. The van der Waals surface area contributed by atoms with E-state index in [4.69, 9.17) is 29.6 Å². The summed E-state index contributed by atoms with van der Waals surface area (Å²) in [5.41, 5.74) is 7.12. The number of hydrogen-bond donors (Lipinski definition) is 3. The molecule has 0 heterocycles. The van der Waals surface area contributed by atoms with E-state index in [1.165, 1.54) is 18.2 Å². The van der Waals surface area contributed by atoms with Crippen molar-refractivity contribution in [2.24, 2.45) is 5.73 Å². The van der Waals surface area contributed by atoms with Gasteiger partial charge < -0.3 is 16.2 Å². The minimum atomic E-state index is -0.341. The number of halogens is 1. The van der Waals surface area contributed by atoms with Crippen LogP contribution in [0, 0.1) is 0 Å². The lowest BCUT2D eigenvalue weighted by molar-refractivity contribution is 0.102. The number of nitrogens with two attached hydrogens (primary N) is 1. The summed E-state index contributed by atoms with van der Waals surface area (Å²) >= 11 is 10.6. The number of phenolic OH excluding ortho intramolecular Hbond substituents is 1. The normalized spacial score (nSPS) is 10.1. The number of benzene rings is 2. The molecule has 0 aromatic heterocycles. The fourth-order valence-corrected chi connectivity index (χ4v) is 1.91. The molecule has 0 aliphatic rings. The highest BCUT2D eigenvalue weighted by Gasteiger charge is 2.09. The second-order valence-corrected chi connectivity index (χ2v) is 4.91. The first-order valence-corrected chi connectivity index (χ1v) is 6.46. The Labute approximate surface area is 126 Å². The van der Waals surface area contributed by atoms with Crippen molar-refractivity contribution in [3.8, 4) is 5.75 Å². The van der Waals surface area contributed by atoms with E-state index in [1.54, 1.807) is 24.3 Å². The molecule has 0 aliphatic carbocycles. The SMILES string of the molecule is NC(=S)c1cccc(NC(=O)c2ccc(O)c(Cl)c2)c1. The van der Waals surface area contributed by atoms with E-state index in [1.807, 2.05) is 0 Å². The number of aromatic hydroxyl groups is 1. The standard InChI is InChI=1S/C14H11ClN2O2S/c15-11-7-9(4-5-12(11)18)14(19)17-10-3-1-2-8(6-10)13(16)20/h1-7,18H,(H2,16,20)(H,17,19). The van der Waals surface area contributed by atoms with Crippen molar-refractivity contribution >= 4 is 40.4 Å². The first kappa shape index (κ1) is 14.3. The van der Waals surface area contributed by atoms with Gasteiger partial charge in [0.1, 0.15) is 10.7 Å². The van der Waals surface area contributed by atoms with Gasteiger partial charge in [-0.2, -0.15) is 0 Å². The fourth-order valence-electron chi connectivity index (χ4n) is 1.60. The Kier molecular flexibility index (Phi) is 4.22. The Balaban J connectivity index is 2.21. The van der Waals surface area contributed by atoms with Gasteiger partial charge in [0.25, 0.3) is 5.91 Å². The van der Waals surface area contributed by atoms with Crippen LogP contribution in [0.4, 0.5) is 5.69 Å². The van der Waals surface area contributed by atoms with E-state index >= 15 is 0 Å². The molecule has 4 nitrogen and oxygen atoms in total. The summed E-state index contributed by atoms with van der Waals surface area (Å²) in [5, 5.41) is 12.1. The lowest BCUT2D eigenvalue weighted by atomic mass is 10.1. The third-order valence-corrected chi connectivity index (χ3v) is 3.15. The predicted octanol–water partition coefficient (Wildman–Crippen LogP) is 2.93. The van der Waals surface area contributed by atoms with Crippen LogP contribution in [-0.4, -0.2) is 16.0 Å². The van der Waals surface area contributed by atoms with Crippen molar-refractivity contribution < 1.29 is 9.90 Å². The van der Waals surface area contributed by atoms with Crippen LogP contribution in [-0.2, 0) is 0 Å². The van der Waals surface area contributed by atoms with Gasteiger partial charge in [-0.05, 0) is 30.3 Å². The van der Waals surface area contributed by atoms with E-state index in [-0.39, 0.29) is 21.7 Å². The maximum atomic E-state index is 12.0. The van der Waals surface area contributed by atoms with E-state index in [0.29, 0.717) is 16.8 Å². The smallest absolute Gasteiger partial charge is 0.255 e. The van der Waals surface area contributed by atoms with E-state index < -0.39 is 0 Å². The van der Waals surface area contributed by atoms with Gasteiger partial charge in [0, 0.05) is 16.8 Å². The molecule has 102 valence electrons. The minimum absolute atomic E-state index is 0.0707. The predicted molar refractivity (Wildman–Crippen MR) is 83.4 cm³/mol. The Bertz CT molecular complexity index is 689. The Morgan fingerprint density at radius 2 is 1.95 bits per heavy atom. The molecule has 2 rings (SSSR count). The molecule has 2 aromatic carbocycles. The average Bonchev–Trinajstić information content (AvgIpc) is 2.42. The van der Waals surface area contributed by atoms with Gasteiger partial charge in [0.05, 0.1) is 5.02 Å². The van der Waals surface area contributed by atoms with Crippen molar-refractivity contribution in [3.63, 3.8) is 0 Å². The molecule has 1 amide bonds. The fraction of sp³-hybridized carbons (Fsp3) is 0. The van der Waals surface area contributed by atoms with E-state index in [9.17, 15) is 9.90 Å². The highest BCUT2D eigenvalue weighted by atomic mass is 35.5. The summed E-state index contributed by atoms with van der Waals surface area (Å²) in [6.45, 7) is 0. The van der Waals surface area contributed by atoms with Crippen LogP contribution in [0.25, 0.3) is 0 Å². The van der Waals surface area contributed by atoms with Crippen LogP contribution in [0.1, 0.15) is 15.9 Å². The summed E-state index contributed by atoms with van der Waals surface area (Å²) in [4.78, 5) is 12.3. The van der Waals surface area contributed by atoms with Crippen LogP contribution >= 0.6 is 23.8 Å². The zero-order valence-electron chi connectivity index (χ0n) is 10.3. The van der Waals surface area contributed by atoms with Crippen molar-refractivity contribution in [3.05, 3.63) is 58.6 Å². The monoisotopic (exact) mass is 306 g/mol. The van der Waals surface area contributed by atoms with Crippen molar-refractivity contribution in [2.45, 2.75) is 0 Å². The molecule has 0 aliphatic heterocycles. The van der Waals surface area contributed by atoms with Crippen LogP contribution in [0.3, 0.4) is 0 Å². The molecule has 0 unspecified atom stereocenters. The first-order valence-electron chi connectivity index (χ1n) is 5.67. The molecular weight excluding hydrogens is 296 g/mol. The lowest BCUT2D eigenvalue weighted by Gasteiger charge is -2.07. The molecular formula is C14H11ClN2O2S. The zero-order chi connectivity index (χ0) is 14.7. The summed E-state index contributed by atoms with van der Waals surface area (Å²) in [7, 11) is 0. The number of anilines is 1. The van der Waals surface area contributed by atoms with Gasteiger partial charge in [-0.1, -0.05) is 36.0 Å². The molecule has 2 aromatic rings. The summed E-state index contributed by atoms with van der Waals surface area (Å²) in [5.74, 6) is -0.411. The summed E-state index contributed by atoms with van der Waals surface area (Å²) in [6, 6.07) is 11.1. The highest BCUT2D eigenvalue weighted by Crippen LogP contribution is 2.24. The summed E-state index contributed by atoms with van der Waals surface area (Å²) in [6.07, 6.45) is 0. The molecule has 0 fully saturated rings. The van der Waals surface area contributed by atoms with Gasteiger partial charge in [0.15, 0.2) is 0 Å². The number of hydrogen-bond acceptors (Lipinski definition) is 3. The first-order chi connectivity index (χ1) is 9.47. The second-order valence-electron chi connectivity index (χ2n) is 4.07. The Morgan fingerprint density at radius 1 is 1.20 bits per heavy atom. The molecule has 4 N–H and O–H groups in total. The molecule has 0 saturated carbocycles. The summed E-state index contributed by atoms with van der Waals surface area (Å²) < 4.78 is 0. The van der Waals surface area contributed by atoms with Crippen LogP contribution in [0.15, 0.2) is 42.5 Å². The van der Waals surface area contributed by atoms with Crippen molar-refractivity contribution in [1.82, 2.24) is 0 Å². The molecule has 0 atom stereocenters. The Hall–Kier alpha value is -2.11. The number of carbonyl (C=O) groups is 1.